The highest BCUT2D eigenvalue weighted by molar-refractivity contribution is 7.07. The van der Waals surface area contributed by atoms with Gasteiger partial charge in [0.25, 0.3) is 5.91 Å². The lowest BCUT2D eigenvalue weighted by molar-refractivity contribution is -0.117. The highest BCUT2D eigenvalue weighted by atomic mass is 32.1. The number of hydrogen-bond donors (Lipinski definition) is 1. The molecule has 0 bridgehead atoms. The van der Waals surface area contributed by atoms with Crippen LogP contribution in [-0.4, -0.2) is 69.0 Å². The van der Waals surface area contributed by atoms with Gasteiger partial charge in [-0.05, 0) is 19.1 Å². The first-order valence-electron chi connectivity index (χ1n) is 7.62. The molecule has 2 amide bonds. The molecule has 126 valence electrons. The van der Waals surface area contributed by atoms with Crippen LogP contribution in [0.15, 0.2) is 29.2 Å². The average Bonchev–Trinajstić information content (AvgIpc) is 3.10. The van der Waals surface area contributed by atoms with Crippen LogP contribution in [0.3, 0.4) is 0 Å². The topological polar surface area (TPSA) is 91.3 Å². The molecule has 1 atom stereocenters. The Balaban J connectivity index is 1.52. The summed E-state index contributed by atoms with van der Waals surface area (Å²) in [4.78, 5) is 32.4. The van der Waals surface area contributed by atoms with Crippen LogP contribution in [0.25, 0.3) is 0 Å². The molecule has 0 aliphatic carbocycles. The smallest absolute Gasteiger partial charge is 0.273 e. The van der Waals surface area contributed by atoms with E-state index in [4.69, 9.17) is 0 Å². The van der Waals surface area contributed by atoms with Gasteiger partial charge in [-0.2, -0.15) is 5.10 Å². The van der Waals surface area contributed by atoms with Crippen molar-refractivity contribution >= 4 is 29.0 Å². The van der Waals surface area contributed by atoms with Gasteiger partial charge in [0.05, 0.1) is 12.1 Å². The molecule has 3 rings (SSSR count). The van der Waals surface area contributed by atoms with Crippen molar-refractivity contribution < 1.29 is 9.59 Å². The van der Waals surface area contributed by atoms with E-state index in [1.165, 1.54) is 11.3 Å². The maximum atomic E-state index is 12.4. The van der Waals surface area contributed by atoms with Crippen LogP contribution in [-0.2, 0) is 4.79 Å². The van der Waals surface area contributed by atoms with Crippen LogP contribution >= 0.6 is 11.3 Å². The molecule has 0 radical (unpaired) electrons. The Morgan fingerprint density at radius 1 is 1.42 bits per heavy atom. The van der Waals surface area contributed by atoms with E-state index >= 15 is 0 Å². The number of nitrogens with zero attached hydrogens (tertiary/aromatic N) is 5. The second kappa shape index (κ2) is 7.45. The van der Waals surface area contributed by atoms with Crippen molar-refractivity contribution in [1.82, 2.24) is 25.0 Å². The maximum absolute atomic E-state index is 12.4. The Hall–Kier alpha value is -2.39. The van der Waals surface area contributed by atoms with Crippen molar-refractivity contribution in [3.8, 4) is 0 Å². The zero-order valence-electron chi connectivity index (χ0n) is 13.3. The van der Waals surface area contributed by atoms with E-state index in [-0.39, 0.29) is 24.4 Å². The van der Waals surface area contributed by atoms with Crippen LogP contribution in [0, 0.1) is 0 Å². The summed E-state index contributed by atoms with van der Waals surface area (Å²) in [6, 6.07) is 3.43. The first-order valence-corrected chi connectivity index (χ1v) is 8.57. The lowest BCUT2D eigenvalue weighted by Gasteiger charge is -2.39. The molecular formula is C15H18N6O2S. The fourth-order valence-corrected chi connectivity index (χ4v) is 3.22. The van der Waals surface area contributed by atoms with Gasteiger partial charge in [-0.1, -0.05) is 0 Å². The standard InChI is InChI=1S/C15H18N6O2S/c1-11-7-20(8-14(22)18-13-3-2-4-17-19-13)5-6-21(11)15(23)12-9-24-10-16-12/h2-4,9-11H,5-8H2,1H3,(H,18,19,22)/t11-/m0/s1. The van der Waals surface area contributed by atoms with E-state index in [0.717, 1.165) is 0 Å². The summed E-state index contributed by atoms with van der Waals surface area (Å²) in [7, 11) is 0. The zero-order valence-corrected chi connectivity index (χ0v) is 14.1. The fourth-order valence-electron chi connectivity index (χ4n) is 2.70. The molecule has 0 saturated carbocycles. The third-order valence-electron chi connectivity index (χ3n) is 3.83. The molecule has 0 unspecified atom stereocenters. The van der Waals surface area contributed by atoms with Crippen molar-refractivity contribution in [2.45, 2.75) is 13.0 Å². The number of piperazine rings is 1. The van der Waals surface area contributed by atoms with Gasteiger partial charge in [0.1, 0.15) is 5.69 Å². The number of rotatable bonds is 4. The van der Waals surface area contributed by atoms with Gasteiger partial charge in [-0.3, -0.25) is 14.5 Å². The number of anilines is 1. The van der Waals surface area contributed by atoms with Crippen LogP contribution in [0.1, 0.15) is 17.4 Å². The molecule has 8 nitrogen and oxygen atoms in total. The van der Waals surface area contributed by atoms with Gasteiger partial charge < -0.3 is 10.2 Å². The number of thiazole rings is 1. The molecule has 2 aromatic heterocycles. The third kappa shape index (κ3) is 3.92. The monoisotopic (exact) mass is 346 g/mol. The van der Waals surface area contributed by atoms with E-state index in [1.54, 1.807) is 29.2 Å². The maximum Gasteiger partial charge on any atom is 0.273 e. The summed E-state index contributed by atoms with van der Waals surface area (Å²) in [5, 5.41) is 12.0. The molecule has 24 heavy (non-hydrogen) atoms. The molecule has 1 N–H and O–H groups in total. The van der Waals surface area contributed by atoms with Crippen LogP contribution in [0.2, 0.25) is 0 Å². The SMILES string of the molecule is C[C@H]1CN(CC(=O)Nc2cccnn2)CCN1C(=O)c1cscn1. The second-order valence-corrected chi connectivity index (χ2v) is 6.33. The molecule has 9 heteroatoms. The van der Waals surface area contributed by atoms with Gasteiger partial charge >= 0.3 is 0 Å². The van der Waals surface area contributed by atoms with E-state index in [9.17, 15) is 9.59 Å². The first kappa shape index (κ1) is 16.5. The van der Waals surface area contributed by atoms with E-state index in [1.807, 2.05) is 16.7 Å². The fraction of sp³-hybridized carbons (Fsp3) is 0.400. The van der Waals surface area contributed by atoms with Crippen molar-refractivity contribution in [2.75, 3.05) is 31.5 Å². The summed E-state index contributed by atoms with van der Waals surface area (Å²) < 4.78 is 0. The summed E-state index contributed by atoms with van der Waals surface area (Å²) in [6.07, 6.45) is 1.55. The molecular weight excluding hydrogens is 328 g/mol. The lowest BCUT2D eigenvalue weighted by Crippen LogP contribution is -2.55. The van der Waals surface area contributed by atoms with Gasteiger partial charge in [-0.25, -0.2) is 4.98 Å². The van der Waals surface area contributed by atoms with E-state index in [2.05, 4.69) is 20.5 Å². The third-order valence-corrected chi connectivity index (χ3v) is 4.42. The van der Waals surface area contributed by atoms with Crippen molar-refractivity contribution in [1.29, 1.82) is 0 Å². The van der Waals surface area contributed by atoms with Gasteiger partial charge in [0, 0.05) is 37.3 Å². The number of hydrogen-bond acceptors (Lipinski definition) is 7. The van der Waals surface area contributed by atoms with Gasteiger partial charge in [0.15, 0.2) is 5.82 Å². The zero-order chi connectivity index (χ0) is 16.9. The predicted octanol–water partition coefficient (Wildman–Crippen LogP) is 0.718. The van der Waals surface area contributed by atoms with Crippen LogP contribution in [0.4, 0.5) is 5.82 Å². The Bertz CT molecular complexity index is 693. The summed E-state index contributed by atoms with van der Waals surface area (Å²) in [5.41, 5.74) is 2.14. The quantitative estimate of drug-likeness (QED) is 0.877. The number of nitrogens with one attached hydrogen (secondary N) is 1. The molecule has 1 fully saturated rings. The molecule has 3 heterocycles. The van der Waals surface area contributed by atoms with Gasteiger partial charge in [-0.15, -0.1) is 16.4 Å². The van der Waals surface area contributed by atoms with Gasteiger partial charge in [0.2, 0.25) is 5.91 Å². The van der Waals surface area contributed by atoms with Crippen molar-refractivity contribution in [2.24, 2.45) is 0 Å². The number of aromatic nitrogens is 3. The first-order chi connectivity index (χ1) is 11.6. The lowest BCUT2D eigenvalue weighted by atomic mass is 10.1. The molecule has 0 spiro atoms. The number of carbonyl (C=O) groups is 2. The van der Waals surface area contributed by atoms with E-state index < -0.39 is 0 Å². The average molecular weight is 346 g/mol. The Morgan fingerprint density at radius 3 is 2.96 bits per heavy atom. The van der Waals surface area contributed by atoms with Crippen molar-refractivity contribution in [3.05, 3.63) is 34.9 Å². The number of amides is 2. The molecule has 0 aromatic carbocycles. The molecule has 2 aromatic rings. The summed E-state index contributed by atoms with van der Waals surface area (Å²) in [5.74, 6) is 0.252. The van der Waals surface area contributed by atoms with Crippen molar-refractivity contribution in [3.63, 3.8) is 0 Å². The Morgan fingerprint density at radius 2 is 2.29 bits per heavy atom. The number of carbonyl (C=O) groups excluding carboxylic acids is 2. The van der Waals surface area contributed by atoms with Crippen LogP contribution in [0.5, 0.6) is 0 Å². The molecule has 1 aliphatic heterocycles. The predicted molar refractivity (Wildman–Crippen MR) is 89.7 cm³/mol. The Labute approximate surface area is 143 Å². The summed E-state index contributed by atoms with van der Waals surface area (Å²) >= 11 is 1.41. The Kier molecular flexibility index (Phi) is 5.11. The normalized spacial score (nSPS) is 18.4. The minimum atomic E-state index is -0.137. The second-order valence-electron chi connectivity index (χ2n) is 5.61. The minimum Gasteiger partial charge on any atom is -0.332 e. The van der Waals surface area contributed by atoms with Crippen LogP contribution < -0.4 is 5.32 Å². The largest absolute Gasteiger partial charge is 0.332 e. The minimum absolute atomic E-state index is 0.0252. The van der Waals surface area contributed by atoms with E-state index in [0.29, 0.717) is 31.1 Å². The molecule has 1 aliphatic rings. The highest BCUT2D eigenvalue weighted by Crippen LogP contribution is 2.14. The highest BCUT2D eigenvalue weighted by Gasteiger charge is 2.29. The molecule has 1 saturated heterocycles. The summed E-state index contributed by atoms with van der Waals surface area (Å²) in [6.45, 7) is 4.12.